The Balaban J connectivity index is 2.18. The maximum atomic E-state index is 10.9. The van der Waals surface area contributed by atoms with Crippen LogP contribution >= 0.6 is 0 Å². The van der Waals surface area contributed by atoms with Gasteiger partial charge in [-0.25, -0.2) is 8.42 Å². The predicted molar refractivity (Wildman–Crippen MR) is 71.1 cm³/mol. The van der Waals surface area contributed by atoms with Crippen molar-refractivity contribution in [3.63, 3.8) is 0 Å². The van der Waals surface area contributed by atoms with Gasteiger partial charge in [-0.3, -0.25) is 0 Å². The van der Waals surface area contributed by atoms with Crippen molar-refractivity contribution in [2.24, 2.45) is 0 Å². The van der Waals surface area contributed by atoms with Crippen molar-refractivity contribution in [3.05, 3.63) is 24.3 Å². The Labute approximate surface area is 108 Å². The summed E-state index contributed by atoms with van der Waals surface area (Å²) in [6, 6.07) is 7.35. The van der Waals surface area contributed by atoms with Gasteiger partial charge in [-0.15, -0.1) is 0 Å². The molecule has 0 radical (unpaired) electrons. The molecule has 1 aromatic rings. The van der Waals surface area contributed by atoms with Crippen molar-refractivity contribution in [2.75, 3.05) is 38.8 Å². The van der Waals surface area contributed by atoms with E-state index in [1.807, 2.05) is 18.2 Å². The summed E-state index contributed by atoms with van der Waals surface area (Å²) in [7, 11) is -1.29. The average molecular weight is 273 g/mol. The molecule has 102 valence electrons. The minimum Gasteiger partial charge on any atom is -0.497 e. The fourth-order valence-electron chi connectivity index (χ4n) is 1.31. The third kappa shape index (κ3) is 6.46. The lowest BCUT2D eigenvalue weighted by Crippen LogP contribution is -2.26. The molecule has 6 heteroatoms. The van der Waals surface area contributed by atoms with Gasteiger partial charge in [0.15, 0.2) is 0 Å². The number of sulfone groups is 1. The Morgan fingerprint density at radius 1 is 1.22 bits per heavy atom. The molecule has 0 atom stereocenters. The van der Waals surface area contributed by atoms with Gasteiger partial charge in [0.1, 0.15) is 27.9 Å². The van der Waals surface area contributed by atoms with E-state index in [9.17, 15) is 8.42 Å². The van der Waals surface area contributed by atoms with E-state index in [1.165, 1.54) is 6.26 Å². The number of methoxy groups -OCH3 is 1. The Kier molecular flexibility index (Phi) is 5.94. The number of hydrogen-bond acceptors (Lipinski definition) is 5. The van der Waals surface area contributed by atoms with Crippen molar-refractivity contribution in [1.82, 2.24) is 5.32 Å². The first-order valence-electron chi connectivity index (χ1n) is 5.66. The van der Waals surface area contributed by atoms with Crippen LogP contribution < -0.4 is 14.8 Å². The molecule has 0 heterocycles. The van der Waals surface area contributed by atoms with Crippen molar-refractivity contribution >= 4 is 9.84 Å². The maximum Gasteiger partial charge on any atom is 0.148 e. The summed E-state index contributed by atoms with van der Waals surface area (Å²) in [4.78, 5) is 0. The molecule has 5 nitrogen and oxygen atoms in total. The van der Waals surface area contributed by atoms with Crippen molar-refractivity contribution in [3.8, 4) is 11.5 Å². The Morgan fingerprint density at radius 2 is 1.94 bits per heavy atom. The Morgan fingerprint density at radius 3 is 2.61 bits per heavy atom. The molecular formula is C12H19NO4S. The van der Waals surface area contributed by atoms with E-state index in [4.69, 9.17) is 9.47 Å². The smallest absolute Gasteiger partial charge is 0.148 e. The molecule has 0 saturated heterocycles. The van der Waals surface area contributed by atoms with Crippen LogP contribution in [0.5, 0.6) is 11.5 Å². The third-order valence-electron chi connectivity index (χ3n) is 2.24. The Hall–Kier alpha value is -1.27. The molecule has 1 aromatic carbocycles. The van der Waals surface area contributed by atoms with Crippen LogP contribution in [0.1, 0.15) is 0 Å². The van der Waals surface area contributed by atoms with E-state index in [2.05, 4.69) is 5.32 Å². The van der Waals surface area contributed by atoms with Crippen molar-refractivity contribution < 1.29 is 17.9 Å². The van der Waals surface area contributed by atoms with Crippen LogP contribution in [-0.2, 0) is 9.84 Å². The summed E-state index contributed by atoms with van der Waals surface area (Å²) in [5.41, 5.74) is 0. The summed E-state index contributed by atoms with van der Waals surface area (Å²) in [5, 5.41) is 3.01. The first-order valence-corrected chi connectivity index (χ1v) is 7.72. The highest BCUT2D eigenvalue weighted by Gasteiger charge is 2.00. The van der Waals surface area contributed by atoms with E-state index < -0.39 is 9.84 Å². The minimum absolute atomic E-state index is 0.145. The Bertz CT molecular complexity index is 459. The molecule has 0 spiro atoms. The fourth-order valence-corrected chi connectivity index (χ4v) is 1.83. The lowest BCUT2D eigenvalue weighted by Gasteiger charge is -2.08. The van der Waals surface area contributed by atoms with Crippen molar-refractivity contribution in [2.45, 2.75) is 0 Å². The van der Waals surface area contributed by atoms with Crippen LogP contribution in [0.25, 0.3) is 0 Å². The van der Waals surface area contributed by atoms with Gasteiger partial charge in [0.25, 0.3) is 0 Å². The zero-order valence-electron chi connectivity index (χ0n) is 10.7. The first-order chi connectivity index (χ1) is 8.51. The second-order valence-corrected chi connectivity index (χ2v) is 6.17. The highest BCUT2D eigenvalue weighted by Crippen LogP contribution is 2.18. The molecule has 0 fully saturated rings. The summed E-state index contributed by atoms with van der Waals surface area (Å²) in [5.74, 6) is 1.63. The first kappa shape index (κ1) is 14.8. The molecule has 1 rings (SSSR count). The molecular weight excluding hydrogens is 254 g/mol. The molecule has 0 aliphatic heterocycles. The standard InChI is InChI=1S/C12H19NO4S/c1-16-11-4-3-5-12(10-11)17-8-6-13-7-9-18(2,14)15/h3-5,10,13H,6-9H2,1-2H3. The quantitative estimate of drug-likeness (QED) is 0.707. The highest BCUT2D eigenvalue weighted by molar-refractivity contribution is 7.90. The van der Waals surface area contributed by atoms with Crippen LogP contribution in [0.2, 0.25) is 0 Å². The average Bonchev–Trinajstić information content (AvgIpc) is 2.32. The zero-order chi connectivity index (χ0) is 13.4. The molecule has 18 heavy (non-hydrogen) atoms. The molecule has 0 unspecified atom stereocenters. The van der Waals surface area contributed by atoms with Crippen LogP contribution in [0.15, 0.2) is 24.3 Å². The second kappa shape index (κ2) is 7.23. The number of rotatable bonds is 8. The lowest BCUT2D eigenvalue weighted by molar-refractivity contribution is 0.313. The van der Waals surface area contributed by atoms with Gasteiger partial charge in [0.2, 0.25) is 0 Å². The normalized spacial score (nSPS) is 11.2. The van der Waals surface area contributed by atoms with Crippen molar-refractivity contribution in [1.29, 1.82) is 0 Å². The fraction of sp³-hybridized carbons (Fsp3) is 0.500. The van der Waals surface area contributed by atoms with Gasteiger partial charge >= 0.3 is 0 Å². The minimum atomic E-state index is -2.89. The van der Waals surface area contributed by atoms with E-state index in [0.29, 0.717) is 19.7 Å². The predicted octanol–water partition coefficient (Wildman–Crippen LogP) is 0.708. The maximum absolute atomic E-state index is 10.9. The lowest BCUT2D eigenvalue weighted by atomic mass is 10.3. The van der Waals surface area contributed by atoms with E-state index in [1.54, 1.807) is 13.2 Å². The largest absolute Gasteiger partial charge is 0.497 e. The summed E-state index contributed by atoms with van der Waals surface area (Å²) >= 11 is 0. The molecule has 0 bridgehead atoms. The van der Waals surface area contributed by atoms with Gasteiger partial charge in [-0.2, -0.15) is 0 Å². The van der Waals surface area contributed by atoms with Crippen LogP contribution in [0.3, 0.4) is 0 Å². The summed E-state index contributed by atoms with van der Waals surface area (Å²) < 4.78 is 32.3. The molecule has 0 aliphatic rings. The topological polar surface area (TPSA) is 64.6 Å². The monoisotopic (exact) mass is 273 g/mol. The second-order valence-electron chi connectivity index (χ2n) is 3.91. The zero-order valence-corrected chi connectivity index (χ0v) is 11.5. The van der Waals surface area contributed by atoms with E-state index >= 15 is 0 Å². The van der Waals surface area contributed by atoms with Crippen LogP contribution in [0, 0.1) is 0 Å². The van der Waals surface area contributed by atoms with Gasteiger partial charge in [0, 0.05) is 25.4 Å². The molecule has 0 saturated carbocycles. The van der Waals surface area contributed by atoms with Crippen LogP contribution in [0.4, 0.5) is 0 Å². The molecule has 0 aliphatic carbocycles. The summed E-state index contributed by atoms with van der Waals surface area (Å²) in [6.45, 7) is 1.53. The SMILES string of the molecule is COc1cccc(OCCNCCS(C)(=O)=O)c1. The van der Waals surface area contributed by atoms with Gasteiger partial charge in [-0.1, -0.05) is 6.07 Å². The van der Waals surface area contributed by atoms with Gasteiger partial charge in [-0.05, 0) is 12.1 Å². The third-order valence-corrected chi connectivity index (χ3v) is 3.18. The molecule has 1 N–H and O–H groups in total. The number of ether oxygens (including phenoxy) is 2. The summed E-state index contributed by atoms with van der Waals surface area (Å²) in [6.07, 6.45) is 1.22. The van der Waals surface area contributed by atoms with Crippen LogP contribution in [-0.4, -0.2) is 47.2 Å². The van der Waals surface area contributed by atoms with E-state index in [-0.39, 0.29) is 5.75 Å². The number of nitrogens with one attached hydrogen (secondary N) is 1. The van der Waals surface area contributed by atoms with Gasteiger partial charge < -0.3 is 14.8 Å². The number of hydrogen-bond donors (Lipinski definition) is 1. The highest BCUT2D eigenvalue weighted by atomic mass is 32.2. The van der Waals surface area contributed by atoms with E-state index in [0.717, 1.165) is 11.5 Å². The molecule has 0 amide bonds. The molecule has 0 aromatic heterocycles. The van der Waals surface area contributed by atoms with Gasteiger partial charge in [0.05, 0.1) is 12.9 Å². The number of benzene rings is 1.